The molecule has 1 aromatic heterocycles. The van der Waals surface area contributed by atoms with Gasteiger partial charge in [0.25, 0.3) is 0 Å². The summed E-state index contributed by atoms with van der Waals surface area (Å²) in [5, 5.41) is 4.15. The number of rotatable bonds is 5. The highest BCUT2D eigenvalue weighted by molar-refractivity contribution is 7.16. The molecule has 3 rings (SSSR count). The molecule has 1 unspecified atom stereocenters. The van der Waals surface area contributed by atoms with E-state index in [-0.39, 0.29) is 5.91 Å². The van der Waals surface area contributed by atoms with Gasteiger partial charge in [-0.1, -0.05) is 29.8 Å². The molecule has 0 radical (unpaired) electrons. The van der Waals surface area contributed by atoms with Gasteiger partial charge >= 0.3 is 0 Å². The molecule has 4 heteroatoms. The topological polar surface area (TPSA) is 33.5 Å². The smallest absolute Gasteiger partial charge is 0.221 e. The maximum absolute atomic E-state index is 11.6. The van der Waals surface area contributed by atoms with Crippen LogP contribution in [0.25, 0.3) is 0 Å². The Kier molecular flexibility index (Phi) is 5.36. The predicted molar refractivity (Wildman–Crippen MR) is 101 cm³/mol. The first-order chi connectivity index (χ1) is 11.5. The Morgan fingerprint density at radius 2 is 1.88 bits per heavy atom. The zero-order chi connectivity index (χ0) is 17.1. The molecule has 0 aliphatic heterocycles. The lowest BCUT2D eigenvalue weighted by Gasteiger charge is -2.18. The number of hydrogen-bond acceptors (Lipinski definition) is 2. The van der Waals surface area contributed by atoms with Crippen LogP contribution >= 0.6 is 11.3 Å². The van der Waals surface area contributed by atoms with Gasteiger partial charge in [0.15, 0.2) is 0 Å². The third-order valence-corrected chi connectivity index (χ3v) is 5.92. The van der Waals surface area contributed by atoms with E-state index >= 15 is 0 Å². The second-order valence-electron chi connectivity index (χ2n) is 7.00. The van der Waals surface area contributed by atoms with Gasteiger partial charge in [-0.05, 0) is 38.2 Å². The molecular weight excluding hydrogens is 316 g/mol. The fourth-order valence-electron chi connectivity index (χ4n) is 3.50. The fraction of sp³-hybridized carbons (Fsp3) is 0.450. The van der Waals surface area contributed by atoms with Crippen LogP contribution in [-0.2, 0) is 30.7 Å². The van der Waals surface area contributed by atoms with Crippen molar-refractivity contribution in [1.82, 2.24) is 0 Å². The van der Waals surface area contributed by atoms with E-state index in [1.807, 2.05) is 0 Å². The first kappa shape index (κ1) is 17.2. The van der Waals surface area contributed by atoms with E-state index in [0.29, 0.717) is 0 Å². The highest BCUT2D eigenvalue weighted by Gasteiger charge is 2.23. The summed E-state index contributed by atoms with van der Waals surface area (Å²) in [5.41, 5.74) is 5.55. The van der Waals surface area contributed by atoms with Gasteiger partial charge in [-0.15, -0.1) is 11.3 Å². The summed E-state index contributed by atoms with van der Waals surface area (Å²) < 4.78 is 0. The molecular formula is C20H27N2OS+. The molecule has 0 spiro atoms. The third-order valence-electron chi connectivity index (χ3n) is 4.68. The Bertz CT molecular complexity index is 718. The molecule has 0 bridgehead atoms. The van der Waals surface area contributed by atoms with Crippen LogP contribution in [0.3, 0.4) is 0 Å². The van der Waals surface area contributed by atoms with E-state index in [0.717, 1.165) is 18.1 Å². The number of benzene rings is 1. The van der Waals surface area contributed by atoms with Crippen molar-refractivity contribution in [2.75, 3.05) is 12.4 Å². The number of amides is 1. The quantitative estimate of drug-likeness (QED) is 0.859. The summed E-state index contributed by atoms with van der Waals surface area (Å²) in [7, 11) is 2.24. The van der Waals surface area contributed by atoms with Gasteiger partial charge in [-0.3, -0.25) is 4.79 Å². The van der Waals surface area contributed by atoms with E-state index in [1.54, 1.807) is 18.3 Å². The summed E-state index contributed by atoms with van der Waals surface area (Å²) in [6, 6.07) is 8.79. The minimum atomic E-state index is 0.0334. The second kappa shape index (κ2) is 7.49. The summed E-state index contributed by atoms with van der Waals surface area (Å²) in [5.74, 6) is 0.0334. The van der Waals surface area contributed by atoms with Crippen molar-refractivity contribution in [1.29, 1.82) is 0 Å². The standard InChI is InChI=1S/C20H26N2OS/c1-14-8-10-16(11-9-14)12-22(3)13-18-17-6-4-5-7-19(17)24-20(18)21-15(2)23/h8-11H,4-7,12-13H2,1-3H3,(H,21,23)/p+1. The molecule has 128 valence electrons. The molecule has 2 N–H and O–H groups in total. The van der Waals surface area contributed by atoms with Gasteiger partial charge in [0.1, 0.15) is 18.1 Å². The SMILES string of the molecule is CC(=O)Nc1sc2c(c1C[NH+](C)Cc1ccc(C)cc1)CCCC2. The van der Waals surface area contributed by atoms with Crippen LogP contribution in [0, 0.1) is 6.92 Å². The molecule has 24 heavy (non-hydrogen) atoms. The minimum absolute atomic E-state index is 0.0334. The molecule has 1 atom stereocenters. The van der Waals surface area contributed by atoms with Crippen molar-refractivity contribution in [2.24, 2.45) is 0 Å². The molecule has 1 aliphatic carbocycles. The van der Waals surface area contributed by atoms with Gasteiger partial charge in [-0.25, -0.2) is 0 Å². The predicted octanol–water partition coefficient (Wildman–Crippen LogP) is 3.11. The van der Waals surface area contributed by atoms with Crippen LogP contribution in [0.2, 0.25) is 0 Å². The number of fused-ring (bicyclic) bond motifs is 1. The molecule has 1 amide bonds. The minimum Gasteiger partial charge on any atom is -0.330 e. The van der Waals surface area contributed by atoms with Gasteiger partial charge in [0.2, 0.25) is 5.91 Å². The number of carbonyl (C=O) groups excluding carboxylic acids is 1. The summed E-state index contributed by atoms with van der Waals surface area (Å²) in [4.78, 5) is 14.5. The van der Waals surface area contributed by atoms with Crippen LogP contribution in [-0.4, -0.2) is 13.0 Å². The van der Waals surface area contributed by atoms with Crippen molar-refractivity contribution in [2.45, 2.75) is 52.6 Å². The molecule has 1 heterocycles. The Morgan fingerprint density at radius 3 is 2.58 bits per heavy atom. The summed E-state index contributed by atoms with van der Waals surface area (Å²) in [6.45, 7) is 5.70. The lowest BCUT2D eigenvalue weighted by atomic mass is 9.95. The van der Waals surface area contributed by atoms with Gasteiger partial charge < -0.3 is 10.2 Å². The van der Waals surface area contributed by atoms with Gasteiger partial charge in [0.05, 0.1) is 7.05 Å². The molecule has 3 nitrogen and oxygen atoms in total. The molecule has 1 aromatic carbocycles. The summed E-state index contributed by atoms with van der Waals surface area (Å²) >= 11 is 1.80. The van der Waals surface area contributed by atoms with E-state index in [9.17, 15) is 4.79 Å². The Balaban J connectivity index is 1.78. The van der Waals surface area contributed by atoms with Crippen LogP contribution in [0.5, 0.6) is 0 Å². The van der Waals surface area contributed by atoms with Crippen molar-refractivity contribution < 1.29 is 9.69 Å². The van der Waals surface area contributed by atoms with E-state index in [1.165, 1.54) is 57.7 Å². The lowest BCUT2D eigenvalue weighted by Crippen LogP contribution is -3.06. The van der Waals surface area contributed by atoms with E-state index in [4.69, 9.17) is 0 Å². The van der Waals surface area contributed by atoms with E-state index in [2.05, 4.69) is 43.6 Å². The Morgan fingerprint density at radius 1 is 1.17 bits per heavy atom. The zero-order valence-electron chi connectivity index (χ0n) is 14.9. The highest BCUT2D eigenvalue weighted by atomic mass is 32.1. The van der Waals surface area contributed by atoms with Gasteiger partial charge in [-0.2, -0.15) is 0 Å². The van der Waals surface area contributed by atoms with Crippen LogP contribution in [0.15, 0.2) is 24.3 Å². The van der Waals surface area contributed by atoms with E-state index < -0.39 is 0 Å². The van der Waals surface area contributed by atoms with Gasteiger partial charge in [0, 0.05) is 22.9 Å². The largest absolute Gasteiger partial charge is 0.330 e. The van der Waals surface area contributed by atoms with Crippen molar-refractivity contribution >= 4 is 22.2 Å². The number of hydrogen-bond donors (Lipinski definition) is 2. The maximum atomic E-state index is 11.6. The Hall–Kier alpha value is -1.65. The first-order valence-corrected chi connectivity index (χ1v) is 9.62. The number of aryl methyl sites for hydroxylation is 2. The van der Waals surface area contributed by atoms with Crippen molar-refractivity contribution in [3.05, 3.63) is 51.4 Å². The number of thiophene rings is 1. The highest BCUT2D eigenvalue weighted by Crippen LogP contribution is 2.37. The average Bonchev–Trinajstić information content (AvgIpc) is 2.86. The Labute approximate surface area is 148 Å². The van der Waals surface area contributed by atoms with Crippen molar-refractivity contribution in [3.63, 3.8) is 0 Å². The number of nitrogens with one attached hydrogen (secondary N) is 2. The first-order valence-electron chi connectivity index (χ1n) is 8.81. The van der Waals surface area contributed by atoms with Crippen LogP contribution < -0.4 is 10.2 Å². The van der Waals surface area contributed by atoms with Crippen LogP contribution in [0.4, 0.5) is 5.00 Å². The fourth-order valence-corrected chi connectivity index (χ4v) is 4.85. The average molecular weight is 344 g/mol. The molecule has 1 aliphatic rings. The number of carbonyl (C=O) groups is 1. The third kappa shape index (κ3) is 4.05. The second-order valence-corrected chi connectivity index (χ2v) is 8.10. The maximum Gasteiger partial charge on any atom is 0.221 e. The molecule has 2 aromatic rings. The normalized spacial score (nSPS) is 15.0. The summed E-state index contributed by atoms with van der Waals surface area (Å²) in [6.07, 6.45) is 4.88. The lowest BCUT2D eigenvalue weighted by molar-refractivity contribution is -0.907. The molecule has 0 saturated heterocycles. The number of anilines is 1. The van der Waals surface area contributed by atoms with Crippen LogP contribution in [0.1, 0.15) is 46.9 Å². The molecule has 0 saturated carbocycles. The number of quaternary nitrogens is 1. The zero-order valence-corrected chi connectivity index (χ0v) is 15.7. The monoisotopic (exact) mass is 343 g/mol. The molecule has 0 fully saturated rings. The van der Waals surface area contributed by atoms with Crippen molar-refractivity contribution in [3.8, 4) is 0 Å².